The van der Waals surface area contributed by atoms with Crippen LogP contribution in [0.5, 0.6) is 0 Å². The van der Waals surface area contributed by atoms with Gasteiger partial charge in [0.15, 0.2) is 0 Å². The highest BCUT2D eigenvalue weighted by Gasteiger charge is 2.39. The summed E-state index contributed by atoms with van der Waals surface area (Å²) in [6.07, 6.45) is 6.32. The fraction of sp³-hybridized carbons (Fsp3) is 0.786. The number of rotatable bonds is 3. The molecule has 0 spiro atoms. The molecule has 1 aromatic heterocycles. The van der Waals surface area contributed by atoms with E-state index in [1.807, 2.05) is 11.6 Å². The zero-order valence-electron chi connectivity index (χ0n) is 12.4. The number of hydrogen-bond acceptors (Lipinski definition) is 4. The molecule has 1 saturated carbocycles. The van der Waals surface area contributed by atoms with Gasteiger partial charge in [-0.15, -0.1) is 0 Å². The molecule has 7 heteroatoms. The quantitative estimate of drug-likeness (QED) is 0.774. The minimum atomic E-state index is -0.204. The van der Waals surface area contributed by atoms with Gasteiger partial charge in [-0.2, -0.15) is 5.10 Å². The maximum atomic E-state index is 12.2. The van der Waals surface area contributed by atoms with Gasteiger partial charge in [-0.05, 0) is 25.7 Å². The third-order valence-electron chi connectivity index (χ3n) is 4.87. The van der Waals surface area contributed by atoms with Crippen molar-refractivity contribution in [1.82, 2.24) is 25.4 Å². The van der Waals surface area contributed by atoms with Gasteiger partial charge in [-0.1, -0.05) is 13.3 Å². The van der Waals surface area contributed by atoms with Crippen molar-refractivity contribution in [3.8, 4) is 0 Å². The van der Waals surface area contributed by atoms with Crippen molar-refractivity contribution in [2.75, 3.05) is 6.61 Å². The summed E-state index contributed by atoms with van der Waals surface area (Å²) < 4.78 is 1.85. The van der Waals surface area contributed by atoms with Crippen molar-refractivity contribution >= 4 is 6.03 Å². The molecule has 0 aromatic carbocycles. The summed E-state index contributed by atoms with van der Waals surface area (Å²) in [5, 5.41) is 19.7. The lowest BCUT2D eigenvalue weighted by molar-refractivity contribution is 0.120. The van der Waals surface area contributed by atoms with Crippen LogP contribution in [0.3, 0.4) is 0 Å². The fourth-order valence-electron chi connectivity index (χ4n) is 3.45. The Morgan fingerprint density at radius 2 is 2.33 bits per heavy atom. The number of aryl methyl sites for hydroxylation is 1. The molecule has 0 saturated heterocycles. The van der Waals surface area contributed by atoms with Crippen molar-refractivity contribution in [1.29, 1.82) is 0 Å². The summed E-state index contributed by atoms with van der Waals surface area (Å²) in [6, 6.07) is -0.227. The van der Waals surface area contributed by atoms with Crippen LogP contribution in [0, 0.1) is 5.41 Å². The fourth-order valence-corrected chi connectivity index (χ4v) is 3.45. The van der Waals surface area contributed by atoms with Crippen LogP contribution in [-0.2, 0) is 6.54 Å². The maximum absolute atomic E-state index is 12.2. The average molecular weight is 293 g/mol. The minimum absolute atomic E-state index is 0.0314. The number of carbonyl (C=O) groups is 1. The van der Waals surface area contributed by atoms with Crippen LogP contribution in [0.2, 0.25) is 0 Å². The summed E-state index contributed by atoms with van der Waals surface area (Å²) in [6.45, 7) is 3.00. The molecule has 21 heavy (non-hydrogen) atoms. The zero-order valence-corrected chi connectivity index (χ0v) is 12.4. The van der Waals surface area contributed by atoms with Gasteiger partial charge in [-0.25, -0.2) is 14.5 Å². The SMILES string of the molecule is CC1(CO)CCCC1NC(=O)NC1CCCn2ncnc21. The van der Waals surface area contributed by atoms with E-state index in [1.54, 1.807) is 0 Å². The largest absolute Gasteiger partial charge is 0.396 e. The second-order valence-electron chi connectivity index (χ2n) is 6.41. The highest BCUT2D eigenvalue weighted by atomic mass is 16.3. The van der Waals surface area contributed by atoms with Gasteiger partial charge in [0.25, 0.3) is 0 Å². The number of hydrogen-bond donors (Lipinski definition) is 3. The summed E-state index contributed by atoms with van der Waals surface area (Å²) in [4.78, 5) is 16.5. The van der Waals surface area contributed by atoms with E-state index in [0.29, 0.717) is 0 Å². The predicted octanol–water partition coefficient (Wildman–Crippen LogP) is 0.963. The van der Waals surface area contributed by atoms with E-state index >= 15 is 0 Å². The molecule has 2 amide bonds. The lowest BCUT2D eigenvalue weighted by Crippen LogP contribution is -2.49. The van der Waals surface area contributed by atoms with Gasteiger partial charge in [0.2, 0.25) is 0 Å². The number of nitrogens with zero attached hydrogens (tertiary/aromatic N) is 3. The van der Waals surface area contributed by atoms with Crippen LogP contribution in [0.1, 0.15) is 50.9 Å². The van der Waals surface area contributed by atoms with Crippen LogP contribution < -0.4 is 10.6 Å². The number of urea groups is 1. The molecule has 1 aromatic rings. The van der Waals surface area contributed by atoms with Gasteiger partial charge in [0, 0.05) is 18.0 Å². The molecule has 3 rings (SSSR count). The van der Waals surface area contributed by atoms with Gasteiger partial charge in [0.1, 0.15) is 12.2 Å². The Bertz CT molecular complexity index is 517. The Morgan fingerprint density at radius 3 is 3.14 bits per heavy atom. The number of aliphatic hydroxyl groups is 1. The van der Waals surface area contributed by atoms with Gasteiger partial charge >= 0.3 is 6.03 Å². The first kappa shape index (κ1) is 14.3. The monoisotopic (exact) mass is 293 g/mol. The summed E-state index contributed by atoms with van der Waals surface area (Å²) in [5.41, 5.74) is -0.204. The number of amides is 2. The Balaban J connectivity index is 1.61. The molecular weight excluding hydrogens is 270 g/mol. The molecule has 0 radical (unpaired) electrons. The zero-order chi connectivity index (χ0) is 14.9. The minimum Gasteiger partial charge on any atom is -0.396 e. The van der Waals surface area contributed by atoms with Crippen LogP contribution >= 0.6 is 0 Å². The number of carbonyl (C=O) groups excluding carboxylic acids is 1. The second kappa shape index (κ2) is 5.63. The molecular formula is C14H23N5O2. The van der Waals surface area contributed by atoms with Crippen LogP contribution in [0.4, 0.5) is 4.79 Å². The number of aromatic nitrogens is 3. The Hall–Kier alpha value is -1.63. The molecule has 1 fully saturated rings. The second-order valence-corrected chi connectivity index (χ2v) is 6.41. The smallest absolute Gasteiger partial charge is 0.315 e. The van der Waals surface area contributed by atoms with E-state index in [1.165, 1.54) is 6.33 Å². The van der Waals surface area contributed by atoms with Crippen molar-refractivity contribution in [3.05, 3.63) is 12.2 Å². The number of nitrogens with one attached hydrogen (secondary N) is 2. The van der Waals surface area contributed by atoms with Crippen molar-refractivity contribution in [2.45, 2.75) is 57.7 Å². The van der Waals surface area contributed by atoms with E-state index in [9.17, 15) is 9.90 Å². The number of fused-ring (bicyclic) bond motifs is 1. The Morgan fingerprint density at radius 1 is 1.48 bits per heavy atom. The Labute approximate surface area is 124 Å². The van der Waals surface area contributed by atoms with Crippen molar-refractivity contribution in [2.24, 2.45) is 5.41 Å². The van der Waals surface area contributed by atoms with Gasteiger partial charge < -0.3 is 15.7 Å². The normalized spacial score (nSPS) is 31.7. The predicted molar refractivity (Wildman–Crippen MR) is 76.5 cm³/mol. The van der Waals surface area contributed by atoms with Crippen LogP contribution in [0.15, 0.2) is 6.33 Å². The van der Waals surface area contributed by atoms with E-state index in [4.69, 9.17) is 0 Å². The van der Waals surface area contributed by atoms with E-state index in [2.05, 4.69) is 20.7 Å². The third kappa shape index (κ3) is 2.74. The van der Waals surface area contributed by atoms with Crippen molar-refractivity contribution < 1.29 is 9.90 Å². The van der Waals surface area contributed by atoms with E-state index in [-0.39, 0.29) is 30.1 Å². The first-order valence-electron chi connectivity index (χ1n) is 7.68. The molecule has 3 unspecified atom stereocenters. The average Bonchev–Trinajstić information content (AvgIpc) is 3.08. The van der Waals surface area contributed by atoms with Crippen molar-refractivity contribution in [3.63, 3.8) is 0 Å². The first-order valence-corrected chi connectivity index (χ1v) is 7.68. The van der Waals surface area contributed by atoms with Gasteiger partial charge in [0.05, 0.1) is 12.6 Å². The molecule has 7 nitrogen and oxygen atoms in total. The summed E-state index contributed by atoms with van der Waals surface area (Å²) in [7, 11) is 0. The topological polar surface area (TPSA) is 92.1 Å². The molecule has 0 bridgehead atoms. The maximum Gasteiger partial charge on any atom is 0.315 e. The lowest BCUT2D eigenvalue weighted by Gasteiger charge is -2.31. The molecule has 2 aliphatic rings. The first-order chi connectivity index (χ1) is 10.1. The molecule has 116 valence electrons. The number of aliphatic hydroxyl groups excluding tert-OH is 1. The third-order valence-corrected chi connectivity index (χ3v) is 4.87. The van der Waals surface area contributed by atoms with Crippen LogP contribution in [-0.4, -0.2) is 38.6 Å². The summed E-state index contributed by atoms with van der Waals surface area (Å²) in [5.74, 6) is 0.827. The molecule has 3 N–H and O–H groups in total. The van der Waals surface area contributed by atoms with E-state index in [0.717, 1.165) is 44.5 Å². The lowest BCUT2D eigenvalue weighted by atomic mass is 9.86. The van der Waals surface area contributed by atoms with Crippen LogP contribution in [0.25, 0.3) is 0 Å². The highest BCUT2D eigenvalue weighted by Crippen LogP contribution is 2.37. The molecule has 1 aliphatic heterocycles. The molecule has 3 atom stereocenters. The molecule has 1 aliphatic carbocycles. The molecule has 2 heterocycles. The Kier molecular flexibility index (Phi) is 3.84. The standard InChI is InChI=1S/C14H23N5O2/c1-14(8-20)6-2-5-11(14)18-13(21)17-10-4-3-7-19-12(10)15-9-16-19/h9-11,20H,2-8H2,1H3,(H2,17,18,21). The van der Waals surface area contributed by atoms with Gasteiger partial charge in [-0.3, -0.25) is 0 Å². The summed E-state index contributed by atoms with van der Waals surface area (Å²) >= 11 is 0. The highest BCUT2D eigenvalue weighted by molar-refractivity contribution is 5.74. The van der Waals surface area contributed by atoms with E-state index < -0.39 is 0 Å².